The van der Waals surface area contributed by atoms with Gasteiger partial charge in [-0.1, -0.05) is 84.6 Å². The maximum atomic E-state index is 6.33. The fourth-order valence-electron chi connectivity index (χ4n) is 4.00. The van der Waals surface area contributed by atoms with Crippen molar-refractivity contribution >= 4 is 13.3 Å². The van der Waals surface area contributed by atoms with E-state index in [0.717, 1.165) is 17.9 Å². The Labute approximate surface area is 173 Å². The highest BCUT2D eigenvalue weighted by Gasteiger charge is 2.38. The van der Waals surface area contributed by atoms with Crippen LogP contribution in [0.1, 0.15) is 53.5 Å². The zero-order valence-electron chi connectivity index (χ0n) is 19.3. The fraction of sp³-hybridized carbons (Fsp3) is 0.520. The lowest BCUT2D eigenvalue weighted by Gasteiger charge is -2.34. The Morgan fingerprint density at radius 2 is 1.71 bits per heavy atom. The lowest BCUT2D eigenvalue weighted by Crippen LogP contribution is -2.46. The number of allylic oxidation sites excluding steroid dienone is 4. The van der Waals surface area contributed by atoms with E-state index in [2.05, 4.69) is 85.5 Å². The summed E-state index contributed by atoms with van der Waals surface area (Å²) in [7, 11) is -0.242. The van der Waals surface area contributed by atoms with Crippen molar-refractivity contribution in [2.45, 2.75) is 66.5 Å². The Balaban J connectivity index is 2.80. The van der Waals surface area contributed by atoms with Crippen molar-refractivity contribution < 1.29 is 9.47 Å². The summed E-state index contributed by atoms with van der Waals surface area (Å²) in [6, 6.07) is 4.35. The molecule has 0 bridgehead atoms. The Hall–Kier alpha value is -1.74. The molecule has 0 amide bonds. The molecule has 0 unspecified atom stereocenters. The van der Waals surface area contributed by atoms with Gasteiger partial charge in [0.05, 0.1) is 7.11 Å². The van der Waals surface area contributed by atoms with Crippen molar-refractivity contribution in [3.63, 3.8) is 0 Å². The Bertz CT molecular complexity index is 799. The van der Waals surface area contributed by atoms with Crippen molar-refractivity contribution in [2.24, 2.45) is 5.41 Å². The van der Waals surface area contributed by atoms with E-state index < -0.39 is 8.07 Å². The Morgan fingerprint density at radius 1 is 1.07 bits per heavy atom. The largest absolute Gasteiger partial charge is 0.497 e. The van der Waals surface area contributed by atoms with Crippen molar-refractivity contribution in [1.29, 1.82) is 0 Å². The third kappa shape index (κ3) is 4.46. The number of hydrogen-bond donors (Lipinski definition) is 0. The lowest BCUT2D eigenvalue weighted by atomic mass is 9.86. The summed E-state index contributed by atoms with van der Waals surface area (Å²) in [5.74, 6) is 1.94. The standard InChI is InChI=1S/C25H38O2Si/c1-11-15-27-23-20(25(5,6)7)16-18(26-8)17-22(23)28(9,10)21-14-12-13-19(21)24(2,3)4/h11-13,16-17H,1,14-15H2,2-10H3. The third-order valence-corrected chi connectivity index (χ3v) is 9.32. The van der Waals surface area contributed by atoms with Crippen LogP contribution < -0.4 is 14.7 Å². The second kappa shape index (κ2) is 7.94. The first-order valence-corrected chi connectivity index (χ1v) is 13.2. The van der Waals surface area contributed by atoms with Crippen LogP contribution >= 0.6 is 0 Å². The normalized spacial score (nSPS) is 15.2. The molecule has 28 heavy (non-hydrogen) atoms. The van der Waals surface area contributed by atoms with Crippen LogP contribution in [0.3, 0.4) is 0 Å². The van der Waals surface area contributed by atoms with Gasteiger partial charge in [0.1, 0.15) is 26.2 Å². The number of ether oxygens (including phenoxy) is 2. The summed E-state index contributed by atoms with van der Waals surface area (Å²) < 4.78 is 12.0. The van der Waals surface area contributed by atoms with Crippen molar-refractivity contribution in [3.05, 3.63) is 53.3 Å². The first-order chi connectivity index (χ1) is 12.8. The zero-order valence-corrected chi connectivity index (χ0v) is 20.3. The van der Waals surface area contributed by atoms with E-state index in [1.54, 1.807) is 12.3 Å². The molecule has 1 aromatic rings. The Kier molecular flexibility index (Phi) is 6.39. The minimum atomic E-state index is -1.99. The highest BCUT2D eigenvalue weighted by atomic mass is 28.3. The van der Waals surface area contributed by atoms with Crippen LogP contribution in [-0.4, -0.2) is 21.8 Å². The molecule has 1 aliphatic rings. The fourth-order valence-corrected chi connectivity index (χ4v) is 7.36. The van der Waals surface area contributed by atoms with E-state index in [-0.39, 0.29) is 10.8 Å². The molecule has 1 aromatic carbocycles. The van der Waals surface area contributed by atoms with E-state index in [1.165, 1.54) is 16.3 Å². The van der Waals surface area contributed by atoms with Crippen LogP contribution in [-0.2, 0) is 5.41 Å². The van der Waals surface area contributed by atoms with Crippen LogP contribution in [0.25, 0.3) is 0 Å². The van der Waals surface area contributed by atoms with Gasteiger partial charge in [0.2, 0.25) is 0 Å². The molecule has 0 aromatic heterocycles. The van der Waals surface area contributed by atoms with Gasteiger partial charge in [-0.2, -0.15) is 0 Å². The van der Waals surface area contributed by atoms with Crippen molar-refractivity contribution in [2.75, 3.05) is 13.7 Å². The summed E-state index contributed by atoms with van der Waals surface area (Å²) in [6.07, 6.45) is 7.51. The number of benzene rings is 1. The van der Waals surface area contributed by atoms with Gasteiger partial charge in [-0.15, -0.1) is 0 Å². The molecular weight excluding hydrogens is 360 g/mol. The number of hydrogen-bond acceptors (Lipinski definition) is 2. The molecule has 0 heterocycles. The monoisotopic (exact) mass is 398 g/mol. The van der Waals surface area contributed by atoms with E-state index in [9.17, 15) is 0 Å². The van der Waals surface area contributed by atoms with Gasteiger partial charge in [-0.25, -0.2) is 0 Å². The second-order valence-electron chi connectivity index (χ2n) is 10.3. The quantitative estimate of drug-likeness (QED) is 0.412. The summed E-state index contributed by atoms with van der Waals surface area (Å²) in [5, 5.41) is 2.91. The molecule has 0 spiro atoms. The minimum Gasteiger partial charge on any atom is -0.497 e. The molecule has 0 saturated heterocycles. The van der Waals surface area contributed by atoms with Gasteiger partial charge in [0.15, 0.2) is 0 Å². The molecule has 3 heteroatoms. The summed E-state index contributed by atoms with van der Waals surface area (Å²) in [6.45, 7) is 22.9. The molecule has 0 fully saturated rings. The van der Waals surface area contributed by atoms with Crippen LogP contribution in [0.2, 0.25) is 13.1 Å². The molecule has 0 atom stereocenters. The highest BCUT2D eigenvalue weighted by molar-refractivity contribution is 6.96. The van der Waals surface area contributed by atoms with E-state index >= 15 is 0 Å². The van der Waals surface area contributed by atoms with Gasteiger partial charge >= 0.3 is 0 Å². The highest BCUT2D eigenvalue weighted by Crippen LogP contribution is 2.41. The van der Waals surface area contributed by atoms with E-state index in [1.807, 2.05) is 6.08 Å². The van der Waals surface area contributed by atoms with Gasteiger partial charge in [-0.3, -0.25) is 0 Å². The lowest BCUT2D eigenvalue weighted by molar-refractivity contribution is 0.351. The minimum absolute atomic E-state index is 0.0422. The van der Waals surface area contributed by atoms with Crippen molar-refractivity contribution in [3.8, 4) is 11.5 Å². The molecule has 1 aliphatic carbocycles. The Morgan fingerprint density at radius 3 is 2.21 bits per heavy atom. The van der Waals surface area contributed by atoms with Gasteiger partial charge in [0.25, 0.3) is 0 Å². The molecule has 0 N–H and O–H groups in total. The van der Waals surface area contributed by atoms with Crippen LogP contribution in [0.5, 0.6) is 11.5 Å². The SMILES string of the molecule is C=CCOc1c(C(C)(C)C)cc(OC)cc1[Si](C)(C)C1=C(C(C)(C)C)C=CC1. The first-order valence-electron chi connectivity index (χ1n) is 10.2. The predicted molar refractivity (Wildman–Crippen MR) is 125 cm³/mol. The summed E-state index contributed by atoms with van der Waals surface area (Å²) in [4.78, 5) is 0. The topological polar surface area (TPSA) is 18.5 Å². The van der Waals surface area contributed by atoms with E-state index in [4.69, 9.17) is 9.47 Å². The molecule has 0 saturated carbocycles. The van der Waals surface area contributed by atoms with Crippen molar-refractivity contribution in [1.82, 2.24) is 0 Å². The number of rotatable bonds is 6. The van der Waals surface area contributed by atoms with Gasteiger partial charge < -0.3 is 9.47 Å². The summed E-state index contributed by atoms with van der Waals surface area (Å²) in [5.41, 5.74) is 2.78. The first kappa shape index (κ1) is 22.5. The average molecular weight is 399 g/mol. The zero-order chi connectivity index (χ0) is 21.3. The second-order valence-corrected chi connectivity index (χ2v) is 14.7. The average Bonchev–Trinajstić information content (AvgIpc) is 3.09. The van der Waals surface area contributed by atoms with Crippen LogP contribution in [0.4, 0.5) is 0 Å². The maximum absolute atomic E-state index is 6.33. The van der Waals surface area contributed by atoms with E-state index in [0.29, 0.717) is 6.61 Å². The predicted octanol–water partition coefficient (Wildman–Crippen LogP) is 6.31. The molecule has 0 aliphatic heterocycles. The molecule has 154 valence electrons. The van der Waals surface area contributed by atoms with Crippen LogP contribution in [0.15, 0.2) is 47.7 Å². The van der Waals surface area contributed by atoms with Gasteiger partial charge in [0, 0.05) is 5.56 Å². The van der Waals surface area contributed by atoms with Gasteiger partial charge in [-0.05, 0) is 40.1 Å². The molecular formula is C25H38O2Si. The third-order valence-electron chi connectivity index (χ3n) is 5.62. The number of methoxy groups -OCH3 is 1. The van der Waals surface area contributed by atoms with Crippen LogP contribution in [0, 0.1) is 5.41 Å². The summed E-state index contributed by atoms with van der Waals surface area (Å²) >= 11 is 0. The smallest absolute Gasteiger partial charge is 0.123 e. The molecule has 2 nitrogen and oxygen atoms in total. The molecule has 0 radical (unpaired) electrons. The maximum Gasteiger partial charge on any atom is 0.123 e. The molecule has 2 rings (SSSR count).